The predicted molar refractivity (Wildman–Crippen MR) is 66.8 cm³/mol. The molecule has 1 amide bonds. The number of ether oxygens (including phenoxy) is 1. The van der Waals surface area contributed by atoms with Gasteiger partial charge >= 0.3 is 0 Å². The van der Waals surface area contributed by atoms with Crippen molar-refractivity contribution >= 4 is 17.4 Å². The zero-order valence-corrected chi connectivity index (χ0v) is 10.2. The van der Waals surface area contributed by atoms with Crippen molar-refractivity contribution in [1.82, 2.24) is 0 Å². The molecule has 1 atom stereocenters. The molecular formula is C14H15NO3. The summed E-state index contributed by atoms with van der Waals surface area (Å²) in [5.74, 6) is 0.923. The summed E-state index contributed by atoms with van der Waals surface area (Å²) in [6, 6.07) is 5.28. The molecule has 18 heavy (non-hydrogen) atoms. The van der Waals surface area contributed by atoms with Crippen LogP contribution in [0.1, 0.15) is 36.5 Å². The van der Waals surface area contributed by atoms with E-state index >= 15 is 0 Å². The number of hydrogen-bond acceptors (Lipinski definition) is 3. The number of Topliss-reactive ketones (excluding diaryl/α,β-unsaturated/α-hetero) is 1. The first-order valence-corrected chi connectivity index (χ1v) is 6.28. The Morgan fingerprint density at radius 1 is 1.39 bits per heavy atom. The topological polar surface area (TPSA) is 55.4 Å². The highest BCUT2D eigenvalue weighted by Crippen LogP contribution is 2.35. The van der Waals surface area contributed by atoms with E-state index in [4.69, 9.17) is 4.74 Å². The maximum Gasteiger partial charge on any atom is 0.228 e. The van der Waals surface area contributed by atoms with Crippen LogP contribution in [0.5, 0.6) is 5.75 Å². The van der Waals surface area contributed by atoms with Crippen molar-refractivity contribution in [2.24, 2.45) is 5.92 Å². The predicted octanol–water partition coefficient (Wildman–Crippen LogP) is 2.39. The maximum atomic E-state index is 12.0. The van der Waals surface area contributed by atoms with Crippen molar-refractivity contribution in [3.8, 4) is 5.75 Å². The van der Waals surface area contributed by atoms with E-state index in [2.05, 4.69) is 5.32 Å². The average molecular weight is 245 g/mol. The Labute approximate surface area is 105 Å². The van der Waals surface area contributed by atoms with Gasteiger partial charge in [-0.3, -0.25) is 9.59 Å². The van der Waals surface area contributed by atoms with Crippen molar-refractivity contribution in [1.29, 1.82) is 0 Å². The molecule has 4 heteroatoms. The lowest BCUT2D eigenvalue weighted by atomic mass is 10.1. The van der Waals surface area contributed by atoms with Crippen molar-refractivity contribution in [3.63, 3.8) is 0 Å². The summed E-state index contributed by atoms with van der Waals surface area (Å²) in [4.78, 5) is 23.6. The molecule has 2 aliphatic rings. The van der Waals surface area contributed by atoms with E-state index in [9.17, 15) is 9.59 Å². The third-order valence-corrected chi connectivity index (χ3v) is 3.29. The van der Waals surface area contributed by atoms with Gasteiger partial charge in [0.15, 0.2) is 5.78 Å². The maximum absolute atomic E-state index is 12.0. The summed E-state index contributed by atoms with van der Waals surface area (Å²) in [5, 5.41) is 2.79. The monoisotopic (exact) mass is 245 g/mol. The average Bonchev–Trinajstić information content (AvgIpc) is 3.13. The van der Waals surface area contributed by atoms with Crippen LogP contribution in [0, 0.1) is 5.92 Å². The number of fused-ring (bicyclic) bond motifs is 1. The van der Waals surface area contributed by atoms with Gasteiger partial charge in [-0.05, 0) is 38.0 Å². The van der Waals surface area contributed by atoms with Gasteiger partial charge in [0.25, 0.3) is 0 Å². The van der Waals surface area contributed by atoms with E-state index in [1.165, 1.54) is 0 Å². The van der Waals surface area contributed by atoms with E-state index in [0.29, 0.717) is 23.4 Å². The summed E-state index contributed by atoms with van der Waals surface area (Å²) in [6.07, 6.45) is 2.16. The molecule has 1 unspecified atom stereocenters. The molecule has 1 aromatic rings. The normalized spacial score (nSPS) is 22.5. The summed E-state index contributed by atoms with van der Waals surface area (Å²) in [6.45, 7) is 1.86. The smallest absolute Gasteiger partial charge is 0.228 e. The summed E-state index contributed by atoms with van der Waals surface area (Å²) < 4.78 is 5.64. The Morgan fingerprint density at radius 2 is 2.17 bits per heavy atom. The molecule has 1 N–H and O–H groups in total. The Hall–Kier alpha value is -1.84. The number of anilines is 1. The first kappa shape index (κ1) is 11.3. The first-order chi connectivity index (χ1) is 8.63. The molecule has 1 fully saturated rings. The third kappa shape index (κ3) is 2.10. The molecular weight excluding hydrogens is 230 g/mol. The fourth-order valence-corrected chi connectivity index (χ4v) is 2.19. The first-order valence-electron chi connectivity index (χ1n) is 6.28. The van der Waals surface area contributed by atoms with Crippen LogP contribution in [0.4, 0.5) is 5.69 Å². The number of carbonyl (C=O) groups excluding carboxylic acids is 2. The number of amides is 1. The molecule has 1 aliphatic heterocycles. The number of benzene rings is 1. The molecule has 0 radical (unpaired) electrons. The minimum atomic E-state index is -0.142. The number of carbonyl (C=O) groups is 2. The summed E-state index contributed by atoms with van der Waals surface area (Å²) in [5.41, 5.74) is 1.27. The molecule has 4 nitrogen and oxygen atoms in total. The Kier molecular flexibility index (Phi) is 2.58. The van der Waals surface area contributed by atoms with E-state index in [1.54, 1.807) is 18.2 Å². The van der Waals surface area contributed by atoms with Crippen molar-refractivity contribution < 1.29 is 14.3 Å². The second-order valence-corrected chi connectivity index (χ2v) is 5.03. The van der Waals surface area contributed by atoms with Gasteiger partial charge in [0.2, 0.25) is 5.91 Å². The number of rotatable bonds is 2. The summed E-state index contributed by atoms with van der Waals surface area (Å²) in [7, 11) is 0. The Bertz CT molecular complexity index is 520. The van der Waals surface area contributed by atoms with Crippen molar-refractivity contribution in [2.45, 2.75) is 32.3 Å². The number of ketones is 1. The molecule has 3 rings (SSSR count). The lowest BCUT2D eigenvalue weighted by molar-refractivity contribution is -0.117. The fourth-order valence-electron chi connectivity index (χ4n) is 2.19. The third-order valence-electron chi connectivity index (χ3n) is 3.29. The number of hydrogen-bond donors (Lipinski definition) is 1. The van der Waals surface area contributed by atoms with Crippen LogP contribution < -0.4 is 10.1 Å². The molecule has 94 valence electrons. The Balaban J connectivity index is 1.93. The molecule has 0 bridgehead atoms. The standard InChI is InChI=1S/C14H15NO3/c1-8-6-13(16)15-11-7-10(4-5-12(11)18-8)14(17)9-2-3-9/h4-5,7-9H,2-3,6H2,1H3,(H,15,16). The minimum Gasteiger partial charge on any atom is -0.488 e. The Morgan fingerprint density at radius 3 is 2.89 bits per heavy atom. The number of nitrogens with one attached hydrogen (secondary N) is 1. The van der Waals surface area contributed by atoms with Crippen LogP contribution in [-0.2, 0) is 4.79 Å². The van der Waals surface area contributed by atoms with Gasteiger partial charge in [-0.1, -0.05) is 0 Å². The molecule has 0 saturated heterocycles. The van der Waals surface area contributed by atoms with Gasteiger partial charge in [-0.25, -0.2) is 0 Å². The second kappa shape index (κ2) is 4.12. The second-order valence-electron chi connectivity index (χ2n) is 5.03. The summed E-state index contributed by atoms with van der Waals surface area (Å²) >= 11 is 0. The van der Waals surface area contributed by atoms with E-state index < -0.39 is 0 Å². The van der Waals surface area contributed by atoms with Gasteiger partial charge in [-0.15, -0.1) is 0 Å². The molecule has 1 aliphatic carbocycles. The van der Waals surface area contributed by atoms with Crippen molar-refractivity contribution in [3.05, 3.63) is 23.8 Å². The molecule has 0 aromatic heterocycles. The quantitative estimate of drug-likeness (QED) is 0.814. The van der Waals surface area contributed by atoms with Crippen LogP contribution in [0.25, 0.3) is 0 Å². The van der Waals surface area contributed by atoms with Gasteiger partial charge in [0.05, 0.1) is 12.1 Å². The molecule has 0 spiro atoms. The van der Waals surface area contributed by atoms with Crippen LogP contribution >= 0.6 is 0 Å². The van der Waals surface area contributed by atoms with Crippen LogP contribution in [0.15, 0.2) is 18.2 Å². The van der Waals surface area contributed by atoms with Crippen LogP contribution in [0.2, 0.25) is 0 Å². The van der Waals surface area contributed by atoms with Gasteiger partial charge in [0.1, 0.15) is 11.9 Å². The zero-order chi connectivity index (χ0) is 12.7. The van der Waals surface area contributed by atoms with Crippen LogP contribution in [0.3, 0.4) is 0 Å². The SMILES string of the molecule is CC1CC(=O)Nc2cc(C(=O)C3CC3)ccc2O1. The molecule has 1 saturated carbocycles. The highest BCUT2D eigenvalue weighted by molar-refractivity contribution is 6.02. The van der Waals surface area contributed by atoms with Gasteiger partial charge in [-0.2, -0.15) is 0 Å². The van der Waals surface area contributed by atoms with Gasteiger partial charge < -0.3 is 10.1 Å². The van der Waals surface area contributed by atoms with Gasteiger partial charge in [0, 0.05) is 11.5 Å². The van der Waals surface area contributed by atoms with Crippen LogP contribution in [-0.4, -0.2) is 17.8 Å². The van der Waals surface area contributed by atoms with E-state index in [1.807, 2.05) is 6.92 Å². The highest BCUT2D eigenvalue weighted by Gasteiger charge is 2.31. The lowest BCUT2D eigenvalue weighted by Crippen LogP contribution is -2.17. The highest BCUT2D eigenvalue weighted by atomic mass is 16.5. The molecule has 1 heterocycles. The fraction of sp³-hybridized carbons (Fsp3) is 0.429. The van der Waals surface area contributed by atoms with E-state index in [0.717, 1.165) is 12.8 Å². The minimum absolute atomic E-state index is 0.0720. The zero-order valence-electron chi connectivity index (χ0n) is 10.2. The van der Waals surface area contributed by atoms with Crippen molar-refractivity contribution in [2.75, 3.05) is 5.32 Å². The largest absolute Gasteiger partial charge is 0.488 e. The van der Waals surface area contributed by atoms with E-state index in [-0.39, 0.29) is 23.7 Å². The lowest BCUT2D eigenvalue weighted by Gasteiger charge is -2.11. The molecule has 1 aromatic carbocycles.